The number of hydrogen-bond donors (Lipinski definition) is 1. The Kier molecular flexibility index (Phi) is 6.35. The number of alkyl halides is 4. The van der Waals surface area contributed by atoms with E-state index in [1.54, 1.807) is 13.8 Å². The molecule has 4 nitrogen and oxygen atoms in total. The molecule has 0 spiro atoms. The molecule has 0 aliphatic carbocycles. The number of nitrogens with zero attached hydrogens (tertiary/aromatic N) is 1. The Morgan fingerprint density at radius 2 is 1.95 bits per heavy atom. The van der Waals surface area contributed by atoms with Crippen LogP contribution in [0.1, 0.15) is 25.5 Å². The molecule has 0 aliphatic heterocycles. The van der Waals surface area contributed by atoms with E-state index in [2.05, 4.69) is 9.72 Å². The smallest absolute Gasteiger partial charge is 0.330 e. The minimum atomic E-state index is -4.24. The molecule has 1 aromatic heterocycles. The lowest BCUT2D eigenvalue weighted by molar-refractivity contribution is -0.170. The fourth-order valence-electron chi connectivity index (χ4n) is 1.42. The van der Waals surface area contributed by atoms with Gasteiger partial charge in [0, 0.05) is 11.8 Å². The highest BCUT2D eigenvalue weighted by Gasteiger charge is 2.41. The van der Waals surface area contributed by atoms with Crippen molar-refractivity contribution in [3.8, 4) is 5.75 Å². The topological polar surface area (TPSA) is 51.6 Å². The van der Waals surface area contributed by atoms with Crippen LogP contribution in [0.3, 0.4) is 0 Å². The van der Waals surface area contributed by atoms with Gasteiger partial charge in [0.25, 0.3) is 0 Å². The summed E-state index contributed by atoms with van der Waals surface area (Å²) in [7, 11) is 0. The maximum absolute atomic E-state index is 12.6. The van der Waals surface area contributed by atoms with Crippen molar-refractivity contribution in [2.75, 3.05) is 13.2 Å². The van der Waals surface area contributed by atoms with E-state index in [1.807, 2.05) is 0 Å². The van der Waals surface area contributed by atoms with E-state index in [9.17, 15) is 22.7 Å². The Morgan fingerprint density at radius 1 is 1.29 bits per heavy atom. The quantitative estimate of drug-likeness (QED) is 0.750. The predicted octanol–water partition coefficient (Wildman–Crippen LogP) is 2.82. The van der Waals surface area contributed by atoms with Gasteiger partial charge in [-0.15, -0.1) is 0 Å². The minimum Gasteiger partial charge on any atom is -0.489 e. The molecular weight excluding hydrogens is 294 g/mol. The van der Waals surface area contributed by atoms with Crippen molar-refractivity contribution in [3.63, 3.8) is 0 Å². The first-order valence-corrected chi connectivity index (χ1v) is 6.25. The van der Waals surface area contributed by atoms with E-state index in [0.29, 0.717) is 5.75 Å². The Morgan fingerprint density at radius 3 is 2.52 bits per heavy atom. The summed E-state index contributed by atoms with van der Waals surface area (Å²) in [6.07, 6.45) is -2.42. The van der Waals surface area contributed by atoms with Gasteiger partial charge in [0.15, 0.2) is 0 Å². The van der Waals surface area contributed by atoms with E-state index < -0.39 is 31.7 Å². The Labute approximate surface area is 119 Å². The van der Waals surface area contributed by atoms with Crippen LogP contribution in [-0.2, 0) is 4.74 Å². The fraction of sp³-hybridized carbons (Fsp3) is 0.615. The number of hydrogen-bond acceptors (Lipinski definition) is 4. The number of pyridine rings is 1. The lowest BCUT2D eigenvalue weighted by atomic mass is 10.2. The van der Waals surface area contributed by atoms with Crippen molar-refractivity contribution in [1.29, 1.82) is 0 Å². The molecule has 0 amide bonds. The summed E-state index contributed by atoms with van der Waals surface area (Å²) in [6.45, 7) is 1.60. The van der Waals surface area contributed by atoms with Crippen molar-refractivity contribution in [2.45, 2.75) is 38.4 Å². The Balaban J connectivity index is 2.54. The highest BCUT2D eigenvalue weighted by atomic mass is 19.3. The molecule has 0 saturated carbocycles. The van der Waals surface area contributed by atoms with Crippen molar-refractivity contribution >= 4 is 0 Å². The van der Waals surface area contributed by atoms with Crippen LogP contribution in [0.2, 0.25) is 0 Å². The maximum atomic E-state index is 12.6. The molecule has 21 heavy (non-hydrogen) atoms. The van der Waals surface area contributed by atoms with Gasteiger partial charge < -0.3 is 14.6 Å². The van der Waals surface area contributed by atoms with E-state index >= 15 is 0 Å². The van der Waals surface area contributed by atoms with Crippen LogP contribution in [0, 0.1) is 0 Å². The molecule has 1 unspecified atom stereocenters. The Bertz CT molecular complexity index is 443. The number of ether oxygens (including phenoxy) is 2. The minimum absolute atomic E-state index is 0.0971. The third-order valence-corrected chi connectivity index (χ3v) is 2.38. The number of halogens is 4. The second kappa shape index (κ2) is 7.56. The second-order valence-corrected chi connectivity index (χ2v) is 4.71. The van der Waals surface area contributed by atoms with Gasteiger partial charge >= 0.3 is 12.3 Å². The summed E-state index contributed by atoms with van der Waals surface area (Å²) >= 11 is 0. The average molecular weight is 311 g/mol. The van der Waals surface area contributed by atoms with Gasteiger partial charge in [0.2, 0.25) is 0 Å². The SMILES string of the molecule is CC(C)Oc1cncc(C(O)COCC(F)(F)C(F)F)c1. The van der Waals surface area contributed by atoms with Crippen LogP contribution in [0.5, 0.6) is 5.75 Å². The molecule has 0 aromatic carbocycles. The highest BCUT2D eigenvalue weighted by molar-refractivity contribution is 5.25. The van der Waals surface area contributed by atoms with Crippen molar-refractivity contribution in [1.82, 2.24) is 4.98 Å². The van der Waals surface area contributed by atoms with Gasteiger partial charge in [-0.2, -0.15) is 8.78 Å². The van der Waals surface area contributed by atoms with Crippen LogP contribution in [0.4, 0.5) is 17.6 Å². The maximum Gasteiger partial charge on any atom is 0.330 e. The summed E-state index contributed by atoms with van der Waals surface area (Å²) in [5, 5.41) is 9.76. The number of rotatable bonds is 8. The van der Waals surface area contributed by atoms with Gasteiger partial charge in [-0.1, -0.05) is 0 Å². The molecule has 0 saturated heterocycles. The molecule has 1 N–H and O–H groups in total. The van der Waals surface area contributed by atoms with Gasteiger partial charge in [-0.05, 0) is 19.9 Å². The summed E-state index contributed by atoms with van der Waals surface area (Å²) in [5.74, 6) is -3.83. The first-order valence-electron chi connectivity index (χ1n) is 6.25. The summed E-state index contributed by atoms with van der Waals surface area (Å²) in [4.78, 5) is 3.84. The second-order valence-electron chi connectivity index (χ2n) is 4.71. The molecule has 0 bridgehead atoms. The molecule has 0 aliphatic rings. The standard InChI is InChI=1S/C13H17F4NO3/c1-8(2)21-10-3-9(4-18-5-10)11(19)6-20-7-13(16,17)12(14)15/h3-5,8,11-12,19H,6-7H2,1-2H3. The van der Waals surface area contributed by atoms with Crippen LogP contribution in [0.25, 0.3) is 0 Å². The number of aromatic nitrogens is 1. The van der Waals surface area contributed by atoms with Crippen LogP contribution in [0.15, 0.2) is 18.5 Å². The molecule has 1 rings (SSSR count). The summed E-state index contributed by atoms with van der Waals surface area (Å²) < 4.78 is 58.9. The van der Waals surface area contributed by atoms with E-state index in [1.165, 1.54) is 18.5 Å². The molecular formula is C13H17F4NO3. The molecule has 1 aromatic rings. The lowest BCUT2D eigenvalue weighted by Gasteiger charge is -2.17. The fourth-order valence-corrected chi connectivity index (χ4v) is 1.42. The van der Waals surface area contributed by atoms with E-state index in [4.69, 9.17) is 4.74 Å². The van der Waals surface area contributed by atoms with Crippen LogP contribution in [-0.4, -0.2) is 41.8 Å². The third-order valence-electron chi connectivity index (χ3n) is 2.38. The first-order chi connectivity index (χ1) is 9.72. The molecule has 120 valence electrons. The monoisotopic (exact) mass is 311 g/mol. The van der Waals surface area contributed by atoms with Gasteiger partial charge in [-0.25, -0.2) is 8.78 Å². The van der Waals surface area contributed by atoms with Crippen LogP contribution < -0.4 is 4.74 Å². The molecule has 1 atom stereocenters. The van der Waals surface area contributed by atoms with Crippen molar-refractivity contribution in [2.24, 2.45) is 0 Å². The normalized spacial score (nSPS) is 13.8. The van der Waals surface area contributed by atoms with Crippen molar-refractivity contribution in [3.05, 3.63) is 24.0 Å². The van der Waals surface area contributed by atoms with Gasteiger partial charge in [-0.3, -0.25) is 4.98 Å². The zero-order valence-electron chi connectivity index (χ0n) is 11.6. The number of aliphatic hydroxyl groups is 1. The predicted molar refractivity (Wildman–Crippen MR) is 66.7 cm³/mol. The van der Waals surface area contributed by atoms with Crippen LogP contribution >= 0.6 is 0 Å². The first kappa shape index (κ1) is 17.6. The van der Waals surface area contributed by atoms with Gasteiger partial charge in [0.05, 0.1) is 18.9 Å². The third kappa shape index (κ3) is 5.84. The lowest BCUT2D eigenvalue weighted by Crippen LogP contribution is -2.33. The largest absolute Gasteiger partial charge is 0.489 e. The molecule has 8 heteroatoms. The van der Waals surface area contributed by atoms with E-state index in [-0.39, 0.29) is 11.7 Å². The highest BCUT2D eigenvalue weighted by Crippen LogP contribution is 2.24. The molecule has 1 heterocycles. The molecule has 0 fully saturated rings. The average Bonchev–Trinajstić information content (AvgIpc) is 2.37. The Hall–Kier alpha value is -1.41. The summed E-state index contributed by atoms with van der Waals surface area (Å²) in [6, 6.07) is 1.48. The zero-order chi connectivity index (χ0) is 16.0. The van der Waals surface area contributed by atoms with Gasteiger partial charge in [0.1, 0.15) is 18.5 Å². The van der Waals surface area contributed by atoms with Crippen molar-refractivity contribution < 1.29 is 32.1 Å². The molecule has 0 radical (unpaired) electrons. The summed E-state index contributed by atoms with van der Waals surface area (Å²) in [5.41, 5.74) is 0.286. The number of aliphatic hydroxyl groups excluding tert-OH is 1. The zero-order valence-corrected chi connectivity index (χ0v) is 11.6. The van der Waals surface area contributed by atoms with E-state index in [0.717, 1.165) is 0 Å².